The van der Waals surface area contributed by atoms with Crippen LogP contribution in [0.25, 0.3) is 0 Å². The maximum Gasteiger partial charge on any atom is 0.328 e. The Bertz CT molecular complexity index is 915. The van der Waals surface area contributed by atoms with Crippen molar-refractivity contribution >= 4 is 22.6 Å². The molecule has 0 saturated carbocycles. The average Bonchev–Trinajstić information content (AvgIpc) is 2.58. The Kier molecular flexibility index (Phi) is 4.76. The first-order valence-electron chi connectivity index (χ1n) is 7.24. The fourth-order valence-corrected chi connectivity index (χ4v) is 3.04. The van der Waals surface area contributed by atoms with Gasteiger partial charge >= 0.3 is 5.69 Å². The van der Waals surface area contributed by atoms with Crippen LogP contribution in [0, 0.1) is 3.57 Å². The summed E-state index contributed by atoms with van der Waals surface area (Å²) >= 11 is 2.01. The van der Waals surface area contributed by atoms with E-state index in [1.165, 1.54) is 4.57 Å². The smallest absolute Gasteiger partial charge is 0.310 e. The Labute approximate surface area is 147 Å². The molecule has 0 unspecified atom stereocenters. The maximum absolute atomic E-state index is 12.5. The Morgan fingerprint density at radius 1 is 0.870 bits per heavy atom. The average molecular weight is 418 g/mol. The summed E-state index contributed by atoms with van der Waals surface area (Å²) in [5.41, 5.74) is 2.03. The van der Waals surface area contributed by atoms with Gasteiger partial charge in [-0.1, -0.05) is 60.7 Å². The predicted molar refractivity (Wildman–Crippen MR) is 98.8 cm³/mol. The monoisotopic (exact) mass is 418 g/mol. The number of nitrogens with zero attached hydrogens (tertiary/aromatic N) is 1. The van der Waals surface area contributed by atoms with Crippen molar-refractivity contribution in [3.63, 3.8) is 0 Å². The molecule has 1 heterocycles. The van der Waals surface area contributed by atoms with Crippen molar-refractivity contribution in [2.24, 2.45) is 0 Å². The first kappa shape index (κ1) is 15.7. The van der Waals surface area contributed by atoms with Gasteiger partial charge in [0.2, 0.25) is 0 Å². The summed E-state index contributed by atoms with van der Waals surface area (Å²) in [4.78, 5) is 27.7. The highest BCUT2D eigenvalue weighted by Gasteiger charge is 2.12. The zero-order chi connectivity index (χ0) is 16.2. The SMILES string of the molecule is O=c1[nH]c(Cc2ccccc2)c(I)c(=O)n1Cc1ccccc1. The largest absolute Gasteiger partial charge is 0.328 e. The molecule has 1 aromatic heterocycles. The Morgan fingerprint density at radius 3 is 2.04 bits per heavy atom. The van der Waals surface area contributed by atoms with Gasteiger partial charge in [0.1, 0.15) is 0 Å². The van der Waals surface area contributed by atoms with Crippen molar-refractivity contribution in [2.75, 3.05) is 0 Å². The summed E-state index contributed by atoms with van der Waals surface area (Å²) in [6.45, 7) is 0.274. The summed E-state index contributed by atoms with van der Waals surface area (Å²) in [6.07, 6.45) is 0.537. The number of rotatable bonds is 4. The summed E-state index contributed by atoms with van der Waals surface area (Å²) in [6, 6.07) is 19.3. The Balaban J connectivity index is 1.97. The molecule has 0 saturated heterocycles. The van der Waals surface area contributed by atoms with E-state index >= 15 is 0 Å². The molecule has 4 nitrogen and oxygen atoms in total. The molecule has 0 spiro atoms. The molecular formula is C18H15IN2O2. The first-order valence-corrected chi connectivity index (χ1v) is 8.32. The fourth-order valence-electron chi connectivity index (χ4n) is 2.42. The second-order valence-corrected chi connectivity index (χ2v) is 6.34. The molecule has 0 aliphatic heterocycles. The van der Waals surface area contributed by atoms with E-state index in [-0.39, 0.29) is 17.8 Å². The lowest BCUT2D eigenvalue weighted by Gasteiger charge is -2.09. The number of aromatic amines is 1. The van der Waals surface area contributed by atoms with Crippen LogP contribution >= 0.6 is 22.6 Å². The normalized spacial score (nSPS) is 10.7. The molecule has 3 aromatic rings. The number of aromatic nitrogens is 2. The van der Waals surface area contributed by atoms with Crippen LogP contribution < -0.4 is 11.2 Å². The van der Waals surface area contributed by atoms with Crippen LogP contribution in [-0.2, 0) is 13.0 Å². The molecule has 0 fully saturated rings. The fraction of sp³-hybridized carbons (Fsp3) is 0.111. The zero-order valence-corrected chi connectivity index (χ0v) is 14.5. The Morgan fingerprint density at radius 2 is 1.43 bits per heavy atom. The number of hydrogen-bond donors (Lipinski definition) is 1. The highest BCUT2D eigenvalue weighted by molar-refractivity contribution is 14.1. The third-order valence-corrected chi connectivity index (χ3v) is 4.72. The topological polar surface area (TPSA) is 54.9 Å². The van der Waals surface area contributed by atoms with Crippen molar-refractivity contribution in [3.05, 3.63) is 102 Å². The molecule has 116 valence electrons. The van der Waals surface area contributed by atoms with E-state index in [2.05, 4.69) is 4.98 Å². The van der Waals surface area contributed by atoms with E-state index in [1.807, 2.05) is 83.3 Å². The zero-order valence-electron chi connectivity index (χ0n) is 12.3. The van der Waals surface area contributed by atoms with Gasteiger partial charge in [-0.2, -0.15) is 0 Å². The molecule has 5 heteroatoms. The number of halogens is 1. The summed E-state index contributed by atoms with van der Waals surface area (Å²) in [5, 5.41) is 0. The molecule has 1 N–H and O–H groups in total. The second-order valence-electron chi connectivity index (χ2n) is 5.26. The molecular weight excluding hydrogens is 403 g/mol. The van der Waals surface area contributed by atoms with Gasteiger partial charge in [0, 0.05) is 12.1 Å². The highest BCUT2D eigenvalue weighted by Crippen LogP contribution is 2.10. The lowest BCUT2D eigenvalue weighted by atomic mass is 10.1. The standard InChI is InChI=1S/C18H15IN2O2/c19-16-15(11-13-7-3-1-4-8-13)20-18(23)21(17(16)22)12-14-9-5-2-6-10-14/h1-10H,11-12H2,(H,20,23). The van der Waals surface area contributed by atoms with Crippen molar-refractivity contribution in [2.45, 2.75) is 13.0 Å². The van der Waals surface area contributed by atoms with Gasteiger partial charge < -0.3 is 4.98 Å². The molecule has 0 aliphatic rings. The quantitative estimate of drug-likeness (QED) is 0.663. The lowest BCUT2D eigenvalue weighted by Crippen LogP contribution is -2.38. The van der Waals surface area contributed by atoms with Crippen molar-refractivity contribution < 1.29 is 0 Å². The Hall–Kier alpha value is -2.15. The molecule has 0 radical (unpaired) electrons. The van der Waals surface area contributed by atoms with E-state index in [0.717, 1.165) is 11.1 Å². The van der Waals surface area contributed by atoms with Crippen LogP contribution in [0.3, 0.4) is 0 Å². The van der Waals surface area contributed by atoms with Crippen LogP contribution in [0.4, 0.5) is 0 Å². The molecule has 0 amide bonds. The molecule has 0 aliphatic carbocycles. The molecule has 2 aromatic carbocycles. The first-order chi connectivity index (χ1) is 11.1. The molecule has 0 bridgehead atoms. The molecule has 3 rings (SSSR count). The summed E-state index contributed by atoms with van der Waals surface area (Å²) in [5.74, 6) is 0. The second kappa shape index (κ2) is 6.95. The van der Waals surface area contributed by atoms with Gasteiger partial charge in [0.05, 0.1) is 10.1 Å². The van der Waals surface area contributed by atoms with Gasteiger partial charge in [0.15, 0.2) is 0 Å². The van der Waals surface area contributed by atoms with Gasteiger partial charge in [-0.05, 0) is 33.7 Å². The van der Waals surface area contributed by atoms with Gasteiger partial charge in [-0.15, -0.1) is 0 Å². The summed E-state index contributed by atoms with van der Waals surface area (Å²) in [7, 11) is 0. The lowest BCUT2D eigenvalue weighted by molar-refractivity contribution is 0.682. The third-order valence-electron chi connectivity index (χ3n) is 3.61. The van der Waals surface area contributed by atoms with Crippen molar-refractivity contribution in [1.82, 2.24) is 9.55 Å². The number of hydrogen-bond acceptors (Lipinski definition) is 2. The van der Waals surface area contributed by atoms with Gasteiger partial charge in [-0.3, -0.25) is 9.36 Å². The van der Waals surface area contributed by atoms with Crippen molar-refractivity contribution in [1.29, 1.82) is 0 Å². The van der Waals surface area contributed by atoms with E-state index < -0.39 is 0 Å². The molecule has 0 atom stereocenters. The minimum atomic E-state index is -0.370. The highest BCUT2D eigenvalue weighted by atomic mass is 127. The van der Waals surface area contributed by atoms with Crippen LogP contribution in [0.1, 0.15) is 16.8 Å². The van der Waals surface area contributed by atoms with E-state index in [1.54, 1.807) is 0 Å². The van der Waals surface area contributed by atoms with Gasteiger partial charge in [-0.25, -0.2) is 4.79 Å². The summed E-state index contributed by atoms with van der Waals surface area (Å²) < 4.78 is 1.80. The van der Waals surface area contributed by atoms with Crippen LogP contribution in [0.15, 0.2) is 70.3 Å². The molecule has 23 heavy (non-hydrogen) atoms. The van der Waals surface area contributed by atoms with Crippen molar-refractivity contribution in [3.8, 4) is 0 Å². The third kappa shape index (κ3) is 3.61. The predicted octanol–water partition coefficient (Wildman–Crippen LogP) is 2.78. The van der Waals surface area contributed by atoms with E-state index in [4.69, 9.17) is 0 Å². The minimum Gasteiger partial charge on any atom is -0.310 e. The van der Waals surface area contributed by atoms with Crippen LogP contribution in [-0.4, -0.2) is 9.55 Å². The van der Waals surface area contributed by atoms with E-state index in [9.17, 15) is 9.59 Å². The number of benzene rings is 2. The minimum absolute atomic E-state index is 0.246. The van der Waals surface area contributed by atoms with Gasteiger partial charge in [0.25, 0.3) is 5.56 Å². The van der Waals surface area contributed by atoms with Crippen LogP contribution in [0.2, 0.25) is 0 Å². The maximum atomic E-state index is 12.5. The number of nitrogens with one attached hydrogen (secondary N) is 1. The van der Waals surface area contributed by atoms with Crippen LogP contribution in [0.5, 0.6) is 0 Å². The van der Waals surface area contributed by atoms with E-state index in [0.29, 0.717) is 15.7 Å². The number of H-pyrrole nitrogens is 1.